The van der Waals surface area contributed by atoms with Crippen molar-refractivity contribution in [3.8, 4) is 0 Å². The molecule has 0 fully saturated rings. The Morgan fingerprint density at radius 2 is 1.48 bits per heavy atom. The van der Waals surface area contributed by atoms with Crippen molar-refractivity contribution in [3.05, 3.63) is 66.2 Å². The van der Waals surface area contributed by atoms with Gasteiger partial charge in [-0.3, -0.25) is 0 Å². The molecular formula is C23H32N2O2. The summed E-state index contributed by atoms with van der Waals surface area (Å²) < 4.78 is 5.58. The number of likely N-dealkylation sites (N-methyl/N-ethyl adjacent to an activating group) is 1. The molecule has 146 valence electrons. The Morgan fingerprint density at radius 1 is 0.889 bits per heavy atom. The Kier molecular flexibility index (Phi) is 8.85. The van der Waals surface area contributed by atoms with Gasteiger partial charge in [-0.05, 0) is 37.2 Å². The number of carbonyl (C=O) groups is 1. The van der Waals surface area contributed by atoms with Gasteiger partial charge in [0.15, 0.2) is 6.04 Å². The van der Waals surface area contributed by atoms with Gasteiger partial charge < -0.3 is 14.5 Å². The number of para-hydroxylation sites is 1. The van der Waals surface area contributed by atoms with Crippen molar-refractivity contribution < 1.29 is 9.53 Å². The zero-order valence-corrected chi connectivity index (χ0v) is 16.8. The van der Waals surface area contributed by atoms with E-state index in [1.54, 1.807) is 0 Å². The van der Waals surface area contributed by atoms with E-state index in [4.69, 9.17) is 4.74 Å². The van der Waals surface area contributed by atoms with Gasteiger partial charge in [-0.1, -0.05) is 69.3 Å². The van der Waals surface area contributed by atoms with E-state index >= 15 is 0 Å². The summed E-state index contributed by atoms with van der Waals surface area (Å²) in [5, 5.41) is 0. The molecule has 0 radical (unpaired) electrons. The van der Waals surface area contributed by atoms with Crippen molar-refractivity contribution in [3.63, 3.8) is 0 Å². The number of ether oxygens (including phenoxy) is 1. The third-order valence-electron chi connectivity index (χ3n) is 4.74. The fraction of sp³-hybridized carbons (Fsp3) is 0.435. The average Bonchev–Trinajstić information content (AvgIpc) is 2.73. The topological polar surface area (TPSA) is 32.8 Å². The van der Waals surface area contributed by atoms with E-state index in [0.717, 1.165) is 43.9 Å². The van der Waals surface area contributed by atoms with Crippen LogP contribution >= 0.6 is 0 Å². The summed E-state index contributed by atoms with van der Waals surface area (Å²) in [6.07, 6.45) is 0.817. The molecule has 0 bridgehead atoms. The van der Waals surface area contributed by atoms with Crippen LogP contribution in [0.5, 0.6) is 0 Å². The minimum absolute atomic E-state index is 0.188. The first-order chi connectivity index (χ1) is 13.2. The van der Waals surface area contributed by atoms with Crippen LogP contribution in [0, 0.1) is 0 Å². The number of hydrogen-bond donors (Lipinski definition) is 0. The van der Waals surface area contributed by atoms with E-state index in [2.05, 4.69) is 35.8 Å². The molecule has 4 heteroatoms. The molecule has 0 aliphatic heterocycles. The summed E-state index contributed by atoms with van der Waals surface area (Å²) in [5.41, 5.74) is 1.99. The van der Waals surface area contributed by atoms with Crippen molar-refractivity contribution in [2.24, 2.45) is 0 Å². The van der Waals surface area contributed by atoms with Gasteiger partial charge in [0.2, 0.25) is 0 Å². The van der Waals surface area contributed by atoms with Crippen molar-refractivity contribution in [1.29, 1.82) is 0 Å². The maximum Gasteiger partial charge on any atom is 0.333 e. The van der Waals surface area contributed by atoms with Crippen LogP contribution in [0.4, 0.5) is 5.69 Å². The lowest BCUT2D eigenvalue weighted by Crippen LogP contribution is -2.41. The van der Waals surface area contributed by atoms with E-state index < -0.39 is 6.04 Å². The summed E-state index contributed by atoms with van der Waals surface area (Å²) in [6, 6.07) is 19.6. The first-order valence-electron chi connectivity index (χ1n) is 9.96. The zero-order chi connectivity index (χ0) is 19.5. The third kappa shape index (κ3) is 6.10. The van der Waals surface area contributed by atoms with Crippen molar-refractivity contribution in [2.75, 3.05) is 37.7 Å². The molecule has 0 N–H and O–H groups in total. The van der Waals surface area contributed by atoms with Crippen LogP contribution in [0.2, 0.25) is 0 Å². The van der Waals surface area contributed by atoms with E-state index in [9.17, 15) is 4.79 Å². The fourth-order valence-electron chi connectivity index (χ4n) is 3.18. The number of carbonyl (C=O) groups excluding carboxylic acids is 1. The predicted octanol–water partition coefficient (Wildman–Crippen LogP) is 4.53. The molecule has 2 aromatic rings. The van der Waals surface area contributed by atoms with E-state index in [-0.39, 0.29) is 5.97 Å². The second kappa shape index (κ2) is 11.4. The molecule has 0 aliphatic rings. The predicted molar refractivity (Wildman–Crippen MR) is 112 cm³/mol. The molecule has 0 spiro atoms. The van der Waals surface area contributed by atoms with Crippen LogP contribution in [0.25, 0.3) is 0 Å². The number of anilines is 1. The van der Waals surface area contributed by atoms with Crippen LogP contribution in [-0.2, 0) is 9.53 Å². The Hall–Kier alpha value is -2.33. The Balaban J connectivity index is 2.37. The Bertz CT molecular complexity index is 657. The lowest BCUT2D eigenvalue weighted by Gasteiger charge is -2.34. The van der Waals surface area contributed by atoms with Gasteiger partial charge in [-0.25, -0.2) is 4.79 Å². The molecule has 2 rings (SSSR count). The van der Waals surface area contributed by atoms with Gasteiger partial charge in [0.1, 0.15) is 0 Å². The largest absolute Gasteiger partial charge is 0.464 e. The van der Waals surface area contributed by atoms with Gasteiger partial charge in [-0.15, -0.1) is 0 Å². The van der Waals surface area contributed by atoms with Crippen LogP contribution in [0.3, 0.4) is 0 Å². The van der Waals surface area contributed by atoms with E-state index in [1.165, 1.54) is 0 Å². The lowest BCUT2D eigenvalue weighted by molar-refractivity contribution is -0.145. The van der Waals surface area contributed by atoms with E-state index in [1.807, 2.05) is 55.5 Å². The number of rotatable bonds is 11. The molecule has 2 aromatic carbocycles. The van der Waals surface area contributed by atoms with Gasteiger partial charge in [0, 0.05) is 18.8 Å². The van der Waals surface area contributed by atoms with Crippen LogP contribution in [-0.4, -0.2) is 43.7 Å². The number of benzene rings is 2. The van der Waals surface area contributed by atoms with Gasteiger partial charge in [-0.2, -0.15) is 0 Å². The smallest absolute Gasteiger partial charge is 0.333 e. The Labute approximate surface area is 163 Å². The molecule has 4 nitrogen and oxygen atoms in total. The van der Waals surface area contributed by atoms with Crippen molar-refractivity contribution in [2.45, 2.75) is 33.2 Å². The minimum Gasteiger partial charge on any atom is -0.464 e. The fourth-order valence-corrected chi connectivity index (χ4v) is 3.18. The highest BCUT2D eigenvalue weighted by atomic mass is 16.5. The lowest BCUT2D eigenvalue weighted by atomic mass is 10.0. The summed E-state index contributed by atoms with van der Waals surface area (Å²) >= 11 is 0. The van der Waals surface area contributed by atoms with Gasteiger partial charge in [0.05, 0.1) is 6.61 Å². The number of nitrogens with zero attached hydrogens (tertiary/aromatic N) is 2. The number of esters is 1. The summed E-state index contributed by atoms with van der Waals surface area (Å²) in [5.74, 6) is -0.188. The summed E-state index contributed by atoms with van der Waals surface area (Å²) in [7, 11) is 0. The molecular weight excluding hydrogens is 336 g/mol. The number of hydrogen-bond acceptors (Lipinski definition) is 4. The van der Waals surface area contributed by atoms with Crippen LogP contribution in [0.1, 0.15) is 38.8 Å². The van der Waals surface area contributed by atoms with Crippen molar-refractivity contribution >= 4 is 11.7 Å². The monoisotopic (exact) mass is 368 g/mol. The first-order valence-corrected chi connectivity index (χ1v) is 9.96. The normalized spacial score (nSPS) is 12.0. The molecule has 0 aliphatic carbocycles. The molecule has 1 atom stereocenters. The highest BCUT2D eigenvalue weighted by molar-refractivity contribution is 5.82. The highest BCUT2D eigenvalue weighted by Gasteiger charge is 2.29. The molecule has 0 amide bonds. The quantitative estimate of drug-likeness (QED) is 0.546. The second-order valence-corrected chi connectivity index (χ2v) is 6.54. The molecule has 0 saturated heterocycles. The van der Waals surface area contributed by atoms with Gasteiger partial charge >= 0.3 is 5.97 Å². The minimum atomic E-state index is -0.448. The maximum atomic E-state index is 13.0. The average molecular weight is 369 g/mol. The van der Waals surface area contributed by atoms with Gasteiger partial charge in [0.25, 0.3) is 0 Å². The molecule has 0 saturated carbocycles. The Morgan fingerprint density at radius 3 is 2.04 bits per heavy atom. The maximum absolute atomic E-state index is 13.0. The summed E-state index contributed by atoms with van der Waals surface area (Å²) in [6.45, 7) is 10.4. The molecule has 27 heavy (non-hydrogen) atoms. The highest BCUT2D eigenvalue weighted by Crippen LogP contribution is 2.28. The SMILES string of the molecule is CCCOC(=O)C(c1ccccc1)N(CCN(CC)CC)c1ccccc1. The van der Waals surface area contributed by atoms with Crippen LogP contribution < -0.4 is 4.90 Å². The molecule has 0 aromatic heterocycles. The first kappa shape index (κ1) is 21.0. The van der Waals surface area contributed by atoms with E-state index in [0.29, 0.717) is 6.61 Å². The zero-order valence-electron chi connectivity index (χ0n) is 16.8. The standard InChI is InChI=1S/C23H32N2O2/c1-4-19-27-23(26)22(20-13-9-7-10-14-20)25(18-17-24(5-2)6-3)21-15-11-8-12-16-21/h7-16,22H,4-6,17-19H2,1-3H3. The van der Waals surface area contributed by atoms with Crippen molar-refractivity contribution in [1.82, 2.24) is 4.90 Å². The van der Waals surface area contributed by atoms with Crippen LogP contribution in [0.15, 0.2) is 60.7 Å². The molecule has 0 heterocycles. The molecule has 1 unspecified atom stereocenters. The third-order valence-corrected chi connectivity index (χ3v) is 4.74. The summed E-state index contributed by atoms with van der Waals surface area (Å²) in [4.78, 5) is 17.6. The second-order valence-electron chi connectivity index (χ2n) is 6.54.